The fraction of sp³-hybridized carbons (Fsp3) is 0.0476. The summed E-state index contributed by atoms with van der Waals surface area (Å²) in [7, 11) is -3.03. The second kappa shape index (κ2) is 7.34. The second-order valence-electron chi connectivity index (χ2n) is 6.95. The molecule has 0 atom stereocenters. The smallest absolute Gasteiger partial charge is 0.359 e. The van der Waals surface area contributed by atoms with Crippen molar-refractivity contribution in [3.8, 4) is 10.4 Å². The van der Waals surface area contributed by atoms with Crippen LogP contribution < -0.4 is 9.62 Å². The first-order valence-electron chi connectivity index (χ1n) is 9.29. The Balaban J connectivity index is 1.52. The Morgan fingerprint density at radius 2 is 1.97 bits per heavy atom. The summed E-state index contributed by atoms with van der Waals surface area (Å²) < 4.78 is 33.9. The van der Waals surface area contributed by atoms with Crippen molar-refractivity contribution in [3.05, 3.63) is 67.1 Å². The number of nitrogens with zero attached hydrogens (tertiary/aromatic N) is 3. The normalized spacial score (nSPS) is 11.8. The molecule has 3 heterocycles. The van der Waals surface area contributed by atoms with Crippen molar-refractivity contribution in [3.63, 3.8) is 0 Å². The minimum absolute atomic E-state index is 0.363. The topological polar surface area (TPSA) is 111 Å². The molecule has 10 heteroatoms. The minimum Gasteiger partial charge on any atom is -0.361 e. The van der Waals surface area contributed by atoms with Gasteiger partial charge < -0.3 is 10.3 Å². The predicted molar refractivity (Wildman–Crippen MR) is 124 cm³/mol. The number of benzene rings is 2. The maximum atomic E-state index is 11.5. The molecular weight excluding hydrogens is 434 g/mol. The Kier molecular flexibility index (Phi) is 4.62. The molecule has 31 heavy (non-hydrogen) atoms. The Bertz CT molecular complexity index is 1520. The molecule has 3 N–H and O–H groups in total. The van der Waals surface area contributed by atoms with E-state index < -0.39 is 10.3 Å². The highest BCUT2D eigenvalue weighted by Crippen LogP contribution is 2.37. The van der Waals surface area contributed by atoms with E-state index in [1.165, 1.54) is 24.7 Å². The average molecular weight is 452 g/mol. The van der Waals surface area contributed by atoms with Gasteiger partial charge in [0, 0.05) is 34.7 Å². The number of anilines is 3. The second-order valence-corrected chi connectivity index (χ2v) is 9.44. The number of H-pyrrole nitrogens is 1. The SMILES string of the molecule is CN(c1cccc(-c2cc3ncnc(Nc4ccc5[nH]ccc5c4)c3s2)c1)S(=O)(=O)O. The van der Waals surface area contributed by atoms with Crippen LogP contribution in [0.5, 0.6) is 0 Å². The van der Waals surface area contributed by atoms with Crippen LogP contribution in [0.15, 0.2) is 67.1 Å². The number of aromatic nitrogens is 3. The van der Waals surface area contributed by atoms with Crippen LogP contribution in [-0.2, 0) is 10.3 Å². The van der Waals surface area contributed by atoms with E-state index in [0.29, 0.717) is 11.5 Å². The zero-order chi connectivity index (χ0) is 21.6. The van der Waals surface area contributed by atoms with Gasteiger partial charge in [-0.1, -0.05) is 12.1 Å². The fourth-order valence-electron chi connectivity index (χ4n) is 3.34. The van der Waals surface area contributed by atoms with Crippen molar-refractivity contribution < 1.29 is 13.0 Å². The number of rotatable bonds is 5. The molecule has 8 nitrogen and oxygen atoms in total. The maximum Gasteiger partial charge on any atom is 0.359 e. The molecule has 0 amide bonds. The number of nitrogens with one attached hydrogen (secondary N) is 2. The van der Waals surface area contributed by atoms with Gasteiger partial charge in [-0.2, -0.15) is 8.42 Å². The number of hydrogen-bond acceptors (Lipinski definition) is 6. The van der Waals surface area contributed by atoms with Gasteiger partial charge in [0.05, 0.1) is 15.9 Å². The van der Waals surface area contributed by atoms with Crippen LogP contribution in [0.1, 0.15) is 0 Å². The van der Waals surface area contributed by atoms with Gasteiger partial charge in [-0.25, -0.2) is 9.97 Å². The Labute approximate surface area is 182 Å². The first-order valence-corrected chi connectivity index (χ1v) is 11.5. The average Bonchev–Trinajstić information content (AvgIpc) is 3.40. The van der Waals surface area contributed by atoms with Crippen molar-refractivity contribution in [1.82, 2.24) is 15.0 Å². The highest BCUT2D eigenvalue weighted by molar-refractivity contribution is 7.87. The molecule has 0 saturated heterocycles. The summed E-state index contributed by atoms with van der Waals surface area (Å²) >= 11 is 1.51. The molecule has 3 aromatic heterocycles. The number of aromatic amines is 1. The van der Waals surface area contributed by atoms with Crippen LogP contribution in [0.25, 0.3) is 31.6 Å². The molecule has 0 unspecified atom stereocenters. The van der Waals surface area contributed by atoms with Crippen LogP contribution in [0, 0.1) is 0 Å². The number of fused-ring (bicyclic) bond motifs is 2. The van der Waals surface area contributed by atoms with Gasteiger partial charge >= 0.3 is 10.3 Å². The fourth-order valence-corrected chi connectivity index (χ4v) is 4.77. The van der Waals surface area contributed by atoms with Crippen molar-refractivity contribution in [2.75, 3.05) is 16.7 Å². The van der Waals surface area contributed by atoms with Crippen LogP contribution >= 0.6 is 11.3 Å². The lowest BCUT2D eigenvalue weighted by molar-refractivity contribution is 0.481. The molecule has 0 fully saturated rings. The summed E-state index contributed by atoms with van der Waals surface area (Å²) in [6, 6.07) is 16.9. The molecule has 0 radical (unpaired) electrons. The highest BCUT2D eigenvalue weighted by atomic mass is 32.2. The van der Waals surface area contributed by atoms with Crippen molar-refractivity contribution in [1.29, 1.82) is 0 Å². The van der Waals surface area contributed by atoms with Gasteiger partial charge in [-0.15, -0.1) is 11.3 Å². The van der Waals surface area contributed by atoms with E-state index in [-0.39, 0.29) is 0 Å². The van der Waals surface area contributed by atoms with Gasteiger partial charge in [0.25, 0.3) is 0 Å². The van der Waals surface area contributed by atoms with E-state index in [4.69, 9.17) is 0 Å². The van der Waals surface area contributed by atoms with Crippen LogP contribution in [0.2, 0.25) is 0 Å². The summed E-state index contributed by atoms with van der Waals surface area (Å²) in [5.74, 6) is 0.697. The minimum atomic E-state index is -4.33. The molecule has 0 aliphatic carbocycles. The van der Waals surface area contributed by atoms with E-state index in [2.05, 4.69) is 20.3 Å². The third-order valence-corrected chi connectivity index (χ3v) is 7.05. The zero-order valence-corrected chi connectivity index (χ0v) is 17.9. The molecule has 0 saturated carbocycles. The number of thiophene rings is 1. The van der Waals surface area contributed by atoms with Gasteiger partial charge in [-0.3, -0.25) is 8.86 Å². The summed E-state index contributed by atoms with van der Waals surface area (Å²) in [6.07, 6.45) is 3.41. The Morgan fingerprint density at radius 1 is 1.10 bits per heavy atom. The largest absolute Gasteiger partial charge is 0.361 e. The quantitative estimate of drug-likeness (QED) is 0.330. The van der Waals surface area contributed by atoms with Crippen LogP contribution in [0.4, 0.5) is 17.2 Å². The van der Waals surface area contributed by atoms with Crippen LogP contribution in [-0.4, -0.2) is 35.0 Å². The Hall–Kier alpha value is -3.47. The first-order chi connectivity index (χ1) is 14.9. The molecule has 5 aromatic rings. The van der Waals surface area contributed by atoms with Gasteiger partial charge in [0.1, 0.15) is 6.33 Å². The zero-order valence-electron chi connectivity index (χ0n) is 16.3. The molecule has 5 rings (SSSR count). The standard InChI is InChI=1S/C21H17N5O3S2/c1-26(31(27,28)29)16-4-2-3-14(10-16)19-11-18-20(30-19)21(24-12-23-18)25-15-5-6-17-13(9-15)7-8-22-17/h2-12,22H,1H3,(H,23,24,25)(H,27,28,29). The summed E-state index contributed by atoms with van der Waals surface area (Å²) in [5, 5.41) is 4.47. The monoisotopic (exact) mass is 451 g/mol. The summed E-state index contributed by atoms with van der Waals surface area (Å²) in [4.78, 5) is 12.9. The summed E-state index contributed by atoms with van der Waals surface area (Å²) in [6.45, 7) is 0. The van der Waals surface area contributed by atoms with E-state index in [1.807, 2.05) is 42.6 Å². The van der Waals surface area contributed by atoms with Gasteiger partial charge in [-0.05, 0) is 48.0 Å². The van der Waals surface area contributed by atoms with Gasteiger partial charge in [0.2, 0.25) is 0 Å². The van der Waals surface area contributed by atoms with Gasteiger partial charge in [0.15, 0.2) is 5.82 Å². The lowest BCUT2D eigenvalue weighted by Gasteiger charge is -2.15. The third kappa shape index (κ3) is 3.72. The lowest BCUT2D eigenvalue weighted by atomic mass is 10.1. The molecule has 0 bridgehead atoms. The summed E-state index contributed by atoms with van der Waals surface area (Å²) in [5.41, 5.74) is 3.94. The number of hydrogen-bond donors (Lipinski definition) is 3. The van der Waals surface area contributed by atoms with Crippen LogP contribution in [0.3, 0.4) is 0 Å². The molecular formula is C21H17N5O3S2. The molecule has 0 spiro atoms. The van der Waals surface area contributed by atoms with E-state index in [9.17, 15) is 13.0 Å². The molecule has 156 valence electrons. The van der Waals surface area contributed by atoms with Crippen molar-refractivity contribution in [2.45, 2.75) is 0 Å². The van der Waals surface area contributed by atoms with Crippen molar-refractivity contribution >= 4 is 60.0 Å². The van der Waals surface area contributed by atoms with E-state index in [0.717, 1.165) is 41.6 Å². The molecule has 0 aliphatic rings. The highest BCUT2D eigenvalue weighted by Gasteiger charge is 2.16. The lowest BCUT2D eigenvalue weighted by Crippen LogP contribution is -2.25. The van der Waals surface area contributed by atoms with E-state index in [1.54, 1.807) is 18.2 Å². The predicted octanol–water partition coefficient (Wildman–Crippen LogP) is 4.82. The molecule has 2 aromatic carbocycles. The van der Waals surface area contributed by atoms with Crippen molar-refractivity contribution in [2.24, 2.45) is 0 Å². The van der Waals surface area contributed by atoms with E-state index >= 15 is 0 Å². The first kappa shape index (κ1) is 19.5. The Morgan fingerprint density at radius 3 is 2.81 bits per heavy atom. The third-order valence-electron chi connectivity index (χ3n) is 4.97. The maximum absolute atomic E-state index is 11.5. The molecule has 0 aliphatic heterocycles.